The maximum atomic E-state index is 11.9. The zero-order chi connectivity index (χ0) is 13.6. The van der Waals surface area contributed by atoms with E-state index in [2.05, 4.69) is 15.9 Å². The molecule has 0 aromatic rings. The molecule has 1 fully saturated rings. The Balaban J connectivity index is 2.81. The van der Waals surface area contributed by atoms with Gasteiger partial charge in [-0.2, -0.15) is 0 Å². The van der Waals surface area contributed by atoms with Crippen LogP contribution in [0.25, 0.3) is 0 Å². The lowest BCUT2D eigenvalue weighted by Crippen LogP contribution is -2.52. The summed E-state index contributed by atoms with van der Waals surface area (Å²) < 4.78 is 5.06. The number of hydrogen-bond donors (Lipinski definition) is 0. The van der Waals surface area contributed by atoms with Gasteiger partial charge in [-0.15, -0.1) is 0 Å². The molecule has 104 valence electrons. The van der Waals surface area contributed by atoms with Crippen LogP contribution in [0.3, 0.4) is 0 Å². The molecule has 0 radical (unpaired) electrons. The number of Topliss-reactive ketones (excluding diaryl/α,β-unsaturated/α-hetero) is 1. The van der Waals surface area contributed by atoms with E-state index in [0.717, 1.165) is 25.7 Å². The van der Waals surface area contributed by atoms with Gasteiger partial charge in [-0.05, 0) is 19.8 Å². The van der Waals surface area contributed by atoms with Gasteiger partial charge in [0.05, 0.1) is 17.5 Å². The molecule has 1 rings (SSSR count). The topological polar surface area (TPSA) is 46.6 Å². The predicted octanol–water partition coefficient (Wildman–Crippen LogP) is 3.13. The molecule has 0 unspecified atom stereocenters. The van der Waals surface area contributed by atoms with Crippen molar-refractivity contribution in [1.82, 2.24) is 4.90 Å². The highest BCUT2D eigenvalue weighted by Crippen LogP contribution is 2.36. The number of hydrogen-bond acceptors (Lipinski definition) is 3. The van der Waals surface area contributed by atoms with E-state index in [1.165, 1.54) is 6.42 Å². The number of amides is 1. The second-order valence-electron chi connectivity index (χ2n) is 4.89. The average molecular weight is 320 g/mol. The quantitative estimate of drug-likeness (QED) is 0.731. The van der Waals surface area contributed by atoms with Crippen LogP contribution in [0.2, 0.25) is 0 Å². The van der Waals surface area contributed by atoms with E-state index >= 15 is 0 Å². The molecule has 1 saturated carbocycles. The Morgan fingerprint density at radius 3 is 2.39 bits per heavy atom. The number of alkyl halides is 1. The van der Waals surface area contributed by atoms with Gasteiger partial charge in [0, 0.05) is 13.5 Å². The molecule has 0 atom stereocenters. The number of rotatable bonds is 5. The normalized spacial score (nSPS) is 18.2. The first-order chi connectivity index (χ1) is 8.55. The van der Waals surface area contributed by atoms with Gasteiger partial charge in [0.1, 0.15) is 5.78 Å². The first kappa shape index (κ1) is 15.5. The molecule has 0 spiro atoms. The Kier molecular flexibility index (Phi) is 6.12. The van der Waals surface area contributed by atoms with E-state index in [9.17, 15) is 9.59 Å². The number of carbonyl (C=O) groups excluding carboxylic acids is 2. The fraction of sp³-hybridized carbons (Fsp3) is 0.846. The van der Waals surface area contributed by atoms with Crippen molar-refractivity contribution in [3.63, 3.8) is 0 Å². The highest BCUT2D eigenvalue weighted by molar-refractivity contribution is 9.09. The lowest BCUT2D eigenvalue weighted by Gasteiger charge is -2.43. The van der Waals surface area contributed by atoms with E-state index < -0.39 is 0 Å². The number of nitrogens with zero attached hydrogens (tertiary/aromatic N) is 1. The first-order valence-electron chi connectivity index (χ1n) is 6.54. The SMILES string of the molecule is CCOC(=O)N(C)C1(CC(=O)CBr)CCCCC1. The third kappa shape index (κ3) is 3.70. The number of ketones is 1. The molecule has 1 aliphatic carbocycles. The van der Waals surface area contributed by atoms with Gasteiger partial charge in [0.25, 0.3) is 0 Å². The smallest absolute Gasteiger partial charge is 0.409 e. The van der Waals surface area contributed by atoms with Gasteiger partial charge in [-0.25, -0.2) is 4.79 Å². The molecule has 18 heavy (non-hydrogen) atoms. The molecule has 0 bridgehead atoms. The van der Waals surface area contributed by atoms with Gasteiger partial charge < -0.3 is 9.64 Å². The third-order valence-corrected chi connectivity index (χ3v) is 4.34. The van der Waals surface area contributed by atoms with E-state index in [1.54, 1.807) is 18.9 Å². The summed E-state index contributed by atoms with van der Waals surface area (Å²) in [4.78, 5) is 25.3. The molecule has 1 aliphatic rings. The third-order valence-electron chi connectivity index (χ3n) is 3.71. The van der Waals surface area contributed by atoms with Crippen molar-refractivity contribution in [2.75, 3.05) is 19.0 Å². The van der Waals surface area contributed by atoms with Crippen molar-refractivity contribution >= 4 is 27.8 Å². The molecular formula is C13H22BrNO3. The summed E-state index contributed by atoms with van der Waals surface area (Å²) in [7, 11) is 1.75. The summed E-state index contributed by atoms with van der Waals surface area (Å²) in [5.41, 5.74) is -0.338. The zero-order valence-corrected chi connectivity index (χ0v) is 12.8. The monoisotopic (exact) mass is 319 g/mol. The Labute approximate surface area is 117 Å². The second kappa shape index (κ2) is 7.12. The van der Waals surface area contributed by atoms with Crippen LogP contribution in [0.4, 0.5) is 4.79 Å². The molecule has 0 saturated heterocycles. The molecule has 4 nitrogen and oxygen atoms in total. The van der Waals surface area contributed by atoms with Crippen molar-refractivity contribution < 1.29 is 14.3 Å². The van der Waals surface area contributed by atoms with Crippen LogP contribution in [-0.4, -0.2) is 41.3 Å². The summed E-state index contributed by atoms with van der Waals surface area (Å²) >= 11 is 3.20. The van der Waals surface area contributed by atoms with Crippen LogP contribution >= 0.6 is 15.9 Å². The fourth-order valence-corrected chi connectivity index (χ4v) is 2.87. The summed E-state index contributed by atoms with van der Waals surface area (Å²) in [5.74, 6) is 0.146. The zero-order valence-electron chi connectivity index (χ0n) is 11.2. The van der Waals surface area contributed by atoms with Gasteiger partial charge in [-0.1, -0.05) is 35.2 Å². The van der Waals surface area contributed by atoms with Crippen LogP contribution in [0.15, 0.2) is 0 Å². The summed E-state index contributed by atoms with van der Waals surface area (Å²) in [6.45, 7) is 2.16. The fourth-order valence-electron chi connectivity index (χ4n) is 2.67. The van der Waals surface area contributed by atoms with E-state index in [4.69, 9.17) is 4.74 Å². The van der Waals surface area contributed by atoms with Crippen molar-refractivity contribution in [3.8, 4) is 0 Å². The minimum atomic E-state index is -0.338. The Morgan fingerprint density at radius 1 is 1.28 bits per heavy atom. The summed E-state index contributed by atoms with van der Waals surface area (Å²) in [6, 6.07) is 0. The molecule has 0 heterocycles. The highest BCUT2D eigenvalue weighted by Gasteiger charge is 2.40. The average Bonchev–Trinajstić information content (AvgIpc) is 2.39. The molecule has 0 N–H and O–H groups in total. The van der Waals surface area contributed by atoms with Crippen molar-refractivity contribution in [2.45, 2.75) is 51.0 Å². The van der Waals surface area contributed by atoms with Gasteiger partial charge >= 0.3 is 6.09 Å². The van der Waals surface area contributed by atoms with E-state index in [-0.39, 0.29) is 17.4 Å². The first-order valence-corrected chi connectivity index (χ1v) is 7.66. The molecule has 5 heteroatoms. The molecule has 0 aromatic heterocycles. The number of ether oxygens (including phenoxy) is 1. The van der Waals surface area contributed by atoms with Crippen LogP contribution in [0.5, 0.6) is 0 Å². The van der Waals surface area contributed by atoms with Crippen LogP contribution in [-0.2, 0) is 9.53 Å². The van der Waals surface area contributed by atoms with Crippen LogP contribution in [0.1, 0.15) is 45.4 Å². The number of halogens is 1. The summed E-state index contributed by atoms with van der Waals surface area (Å²) in [6.07, 6.45) is 5.21. The Morgan fingerprint density at radius 2 is 1.89 bits per heavy atom. The molecule has 0 aliphatic heterocycles. The lowest BCUT2D eigenvalue weighted by molar-refractivity contribution is -0.119. The largest absolute Gasteiger partial charge is 0.450 e. The van der Waals surface area contributed by atoms with Gasteiger partial charge in [-0.3, -0.25) is 4.79 Å². The lowest BCUT2D eigenvalue weighted by atomic mass is 9.77. The molecular weight excluding hydrogens is 298 g/mol. The minimum Gasteiger partial charge on any atom is -0.450 e. The van der Waals surface area contributed by atoms with E-state index in [1.807, 2.05) is 0 Å². The minimum absolute atomic E-state index is 0.146. The van der Waals surface area contributed by atoms with Gasteiger partial charge in [0.2, 0.25) is 0 Å². The maximum absolute atomic E-state index is 11.9. The molecule has 0 aromatic carbocycles. The van der Waals surface area contributed by atoms with E-state index in [0.29, 0.717) is 18.4 Å². The van der Waals surface area contributed by atoms with Gasteiger partial charge in [0.15, 0.2) is 0 Å². The predicted molar refractivity (Wildman–Crippen MR) is 74.0 cm³/mol. The summed E-state index contributed by atoms with van der Waals surface area (Å²) in [5, 5.41) is 0.353. The Hall–Kier alpha value is -0.580. The standard InChI is InChI=1S/C13H22BrNO3/c1-3-18-12(17)15(2)13(9-11(16)10-14)7-5-4-6-8-13/h3-10H2,1-2H3. The second-order valence-corrected chi connectivity index (χ2v) is 5.45. The van der Waals surface area contributed by atoms with Crippen molar-refractivity contribution in [3.05, 3.63) is 0 Å². The molecule has 1 amide bonds. The van der Waals surface area contributed by atoms with Crippen LogP contribution < -0.4 is 0 Å². The van der Waals surface area contributed by atoms with Crippen molar-refractivity contribution in [2.24, 2.45) is 0 Å². The highest BCUT2D eigenvalue weighted by atomic mass is 79.9. The Bertz CT molecular complexity index is 301. The van der Waals surface area contributed by atoms with Crippen LogP contribution in [0, 0.1) is 0 Å². The van der Waals surface area contributed by atoms with Crippen molar-refractivity contribution in [1.29, 1.82) is 0 Å². The number of carbonyl (C=O) groups is 2. The maximum Gasteiger partial charge on any atom is 0.409 e.